The Labute approximate surface area is 106 Å². The molecule has 0 radical (unpaired) electrons. The molecular weight excluding hydrogens is 227 g/mol. The van der Waals surface area contributed by atoms with Gasteiger partial charge in [0.15, 0.2) is 0 Å². The lowest BCUT2D eigenvalue weighted by Crippen LogP contribution is -1.96. The summed E-state index contributed by atoms with van der Waals surface area (Å²) in [5, 5.41) is 12.0. The summed E-state index contributed by atoms with van der Waals surface area (Å²) in [6.45, 7) is 3.61. The van der Waals surface area contributed by atoms with Gasteiger partial charge in [-0.1, -0.05) is 6.07 Å². The Morgan fingerprint density at radius 1 is 1.17 bits per heavy atom. The Morgan fingerprint density at radius 2 is 1.94 bits per heavy atom. The van der Waals surface area contributed by atoms with Crippen LogP contribution in [0, 0.1) is 31.0 Å². The molecule has 2 nitrogen and oxygen atoms in total. The molecule has 0 heterocycles. The van der Waals surface area contributed by atoms with Gasteiger partial charge in [0.1, 0.15) is 5.82 Å². The normalized spacial score (nSPS) is 9.89. The summed E-state index contributed by atoms with van der Waals surface area (Å²) < 4.78 is 13.4. The number of nitrogens with zero attached hydrogens (tertiary/aromatic N) is 1. The van der Waals surface area contributed by atoms with Crippen molar-refractivity contribution in [2.45, 2.75) is 13.8 Å². The van der Waals surface area contributed by atoms with E-state index in [9.17, 15) is 4.39 Å². The highest BCUT2D eigenvalue weighted by Gasteiger charge is 2.04. The van der Waals surface area contributed by atoms with Gasteiger partial charge in [-0.25, -0.2) is 4.39 Å². The minimum Gasteiger partial charge on any atom is -0.355 e. The summed E-state index contributed by atoms with van der Waals surface area (Å²) >= 11 is 0. The number of hydrogen-bond donors (Lipinski definition) is 1. The molecule has 3 heteroatoms. The number of halogens is 1. The van der Waals surface area contributed by atoms with Crippen molar-refractivity contribution in [2.24, 2.45) is 0 Å². The Kier molecular flexibility index (Phi) is 3.29. The third-order valence-corrected chi connectivity index (χ3v) is 2.89. The highest BCUT2D eigenvalue weighted by Crippen LogP contribution is 2.23. The SMILES string of the molecule is Cc1cc(Nc2cccc(F)c2C)ccc1C#N. The third-order valence-electron chi connectivity index (χ3n) is 2.89. The molecule has 0 spiro atoms. The molecular formula is C15H13FN2. The van der Waals surface area contributed by atoms with E-state index in [0.29, 0.717) is 11.1 Å². The first-order valence-corrected chi connectivity index (χ1v) is 5.64. The lowest BCUT2D eigenvalue weighted by Gasteiger charge is -2.11. The van der Waals surface area contributed by atoms with Crippen LogP contribution in [0.3, 0.4) is 0 Å². The van der Waals surface area contributed by atoms with Crippen molar-refractivity contribution in [3.63, 3.8) is 0 Å². The topological polar surface area (TPSA) is 35.8 Å². The lowest BCUT2D eigenvalue weighted by molar-refractivity contribution is 0.619. The predicted octanol–water partition coefficient (Wildman–Crippen LogP) is 4.06. The van der Waals surface area contributed by atoms with E-state index in [4.69, 9.17) is 5.26 Å². The second kappa shape index (κ2) is 4.89. The highest BCUT2D eigenvalue weighted by atomic mass is 19.1. The fourth-order valence-electron chi connectivity index (χ4n) is 1.77. The maximum Gasteiger partial charge on any atom is 0.128 e. The molecule has 0 atom stereocenters. The van der Waals surface area contributed by atoms with Crippen LogP contribution in [0.4, 0.5) is 15.8 Å². The van der Waals surface area contributed by atoms with E-state index in [0.717, 1.165) is 16.9 Å². The fraction of sp³-hybridized carbons (Fsp3) is 0.133. The smallest absolute Gasteiger partial charge is 0.128 e. The number of nitriles is 1. The molecule has 2 rings (SSSR count). The Hall–Kier alpha value is -2.34. The first-order chi connectivity index (χ1) is 8.61. The zero-order valence-electron chi connectivity index (χ0n) is 10.3. The molecule has 0 saturated heterocycles. The quantitative estimate of drug-likeness (QED) is 0.859. The van der Waals surface area contributed by atoms with E-state index in [1.807, 2.05) is 25.1 Å². The van der Waals surface area contributed by atoms with E-state index in [1.54, 1.807) is 19.1 Å². The van der Waals surface area contributed by atoms with Crippen molar-refractivity contribution < 1.29 is 4.39 Å². The van der Waals surface area contributed by atoms with Gasteiger partial charge >= 0.3 is 0 Å². The molecule has 0 unspecified atom stereocenters. The maximum absolute atomic E-state index is 13.4. The van der Waals surface area contributed by atoms with Gasteiger partial charge in [-0.3, -0.25) is 0 Å². The summed E-state index contributed by atoms with van der Waals surface area (Å²) in [5.41, 5.74) is 3.71. The Balaban J connectivity index is 2.32. The van der Waals surface area contributed by atoms with E-state index in [2.05, 4.69) is 11.4 Å². The van der Waals surface area contributed by atoms with Crippen molar-refractivity contribution in [3.8, 4) is 6.07 Å². The van der Waals surface area contributed by atoms with Crippen molar-refractivity contribution >= 4 is 11.4 Å². The zero-order chi connectivity index (χ0) is 13.1. The molecule has 0 aliphatic heterocycles. The summed E-state index contributed by atoms with van der Waals surface area (Å²) in [6, 6.07) is 12.5. The van der Waals surface area contributed by atoms with Crippen LogP contribution < -0.4 is 5.32 Å². The van der Waals surface area contributed by atoms with Crippen molar-refractivity contribution in [1.29, 1.82) is 5.26 Å². The molecule has 90 valence electrons. The summed E-state index contributed by atoms with van der Waals surface area (Å²) in [5.74, 6) is -0.231. The van der Waals surface area contributed by atoms with Crippen molar-refractivity contribution in [2.75, 3.05) is 5.32 Å². The van der Waals surface area contributed by atoms with Crippen LogP contribution in [0.25, 0.3) is 0 Å². The molecule has 0 saturated carbocycles. The van der Waals surface area contributed by atoms with Crippen LogP contribution in [0.2, 0.25) is 0 Å². The summed E-state index contributed by atoms with van der Waals surface area (Å²) in [7, 11) is 0. The van der Waals surface area contributed by atoms with Crippen LogP contribution in [-0.2, 0) is 0 Å². The fourth-order valence-corrected chi connectivity index (χ4v) is 1.77. The van der Waals surface area contributed by atoms with Crippen molar-refractivity contribution in [3.05, 3.63) is 58.9 Å². The number of rotatable bonds is 2. The first-order valence-electron chi connectivity index (χ1n) is 5.64. The third kappa shape index (κ3) is 2.33. The number of aryl methyl sites for hydroxylation is 1. The molecule has 0 bridgehead atoms. The highest BCUT2D eigenvalue weighted by molar-refractivity contribution is 5.64. The average Bonchev–Trinajstić information content (AvgIpc) is 2.35. The number of nitrogens with one attached hydrogen (secondary N) is 1. The molecule has 0 fully saturated rings. The van der Waals surface area contributed by atoms with E-state index < -0.39 is 0 Å². The molecule has 0 aliphatic rings. The van der Waals surface area contributed by atoms with Crippen LogP contribution in [-0.4, -0.2) is 0 Å². The molecule has 0 aromatic heterocycles. The molecule has 1 N–H and O–H groups in total. The van der Waals surface area contributed by atoms with E-state index in [1.165, 1.54) is 6.07 Å². The predicted molar refractivity (Wildman–Crippen MR) is 70.3 cm³/mol. The van der Waals surface area contributed by atoms with Crippen LogP contribution in [0.15, 0.2) is 36.4 Å². The number of benzene rings is 2. The first kappa shape index (κ1) is 12.1. The standard InChI is InChI=1S/C15H13FN2/c1-10-8-13(7-6-12(10)9-17)18-15-5-3-4-14(16)11(15)2/h3-8,18H,1-2H3. The molecule has 0 amide bonds. The number of anilines is 2. The van der Waals surface area contributed by atoms with Crippen LogP contribution in [0.1, 0.15) is 16.7 Å². The Morgan fingerprint density at radius 3 is 2.61 bits per heavy atom. The monoisotopic (exact) mass is 240 g/mol. The Bertz CT molecular complexity index is 627. The molecule has 2 aromatic carbocycles. The van der Waals surface area contributed by atoms with Gasteiger partial charge < -0.3 is 5.32 Å². The van der Waals surface area contributed by atoms with Crippen LogP contribution in [0.5, 0.6) is 0 Å². The lowest BCUT2D eigenvalue weighted by atomic mass is 10.1. The minimum atomic E-state index is -0.231. The largest absolute Gasteiger partial charge is 0.355 e. The molecule has 18 heavy (non-hydrogen) atoms. The molecule has 0 aliphatic carbocycles. The summed E-state index contributed by atoms with van der Waals surface area (Å²) in [4.78, 5) is 0. The van der Waals surface area contributed by atoms with Crippen molar-refractivity contribution in [1.82, 2.24) is 0 Å². The van der Waals surface area contributed by atoms with E-state index in [-0.39, 0.29) is 5.82 Å². The van der Waals surface area contributed by atoms with Gasteiger partial charge in [0, 0.05) is 16.9 Å². The zero-order valence-corrected chi connectivity index (χ0v) is 10.3. The summed E-state index contributed by atoms with van der Waals surface area (Å²) in [6.07, 6.45) is 0. The van der Waals surface area contributed by atoms with Gasteiger partial charge in [0.05, 0.1) is 11.6 Å². The minimum absolute atomic E-state index is 0.231. The van der Waals surface area contributed by atoms with Crippen LogP contribution >= 0.6 is 0 Å². The average molecular weight is 240 g/mol. The second-order valence-electron chi connectivity index (χ2n) is 4.18. The number of hydrogen-bond acceptors (Lipinski definition) is 2. The van der Waals surface area contributed by atoms with Gasteiger partial charge in [-0.15, -0.1) is 0 Å². The second-order valence-corrected chi connectivity index (χ2v) is 4.18. The van der Waals surface area contributed by atoms with Gasteiger partial charge in [-0.2, -0.15) is 5.26 Å². The van der Waals surface area contributed by atoms with Gasteiger partial charge in [0.25, 0.3) is 0 Å². The van der Waals surface area contributed by atoms with E-state index >= 15 is 0 Å². The van der Waals surface area contributed by atoms with Gasteiger partial charge in [0.2, 0.25) is 0 Å². The molecule has 2 aromatic rings. The maximum atomic E-state index is 13.4. The van der Waals surface area contributed by atoms with Gasteiger partial charge in [-0.05, 0) is 49.7 Å².